The van der Waals surface area contributed by atoms with Crippen molar-refractivity contribution in [3.05, 3.63) is 34.1 Å². The summed E-state index contributed by atoms with van der Waals surface area (Å²) in [5.41, 5.74) is -1.83. The lowest BCUT2D eigenvalue weighted by Gasteiger charge is -2.37. The van der Waals surface area contributed by atoms with Gasteiger partial charge in [0.1, 0.15) is 11.4 Å². The van der Waals surface area contributed by atoms with Crippen molar-refractivity contribution < 1.29 is 22.0 Å². The summed E-state index contributed by atoms with van der Waals surface area (Å²) >= 11 is 0. The number of H-pyrrole nitrogens is 1. The molecular weight excluding hydrogens is 380 g/mol. The third-order valence-corrected chi connectivity index (χ3v) is 5.28. The first-order valence-corrected chi connectivity index (χ1v) is 9.14. The minimum absolute atomic E-state index is 0.0593. The fraction of sp³-hybridized carbons (Fsp3) is 0.556. The minimum atomic E-state index is -4.88. The maximum absolute atomic E-state index is 14.4. The summed E-state index contributed by atoms with van der Waals surface area (Å²) in [6.07, 6.45) is -3.18. The highest BCUT2D eigenvalue weighted by atomic mass is 19.4. The van der Waals surface area contributed by atoms with Crippen molar-refractivity contribution in [1.29, 1.82) is 0 Å². The monoisotopic (exact) mass is 402 g/mol. The van der Waals surface area contributed by atoms with Crippen molar-refractivity contribution in [3.8, 4) is 11.5 Å². The average Bonchev–Trinajstić information content (AvgIpc) is 3.06. The minimum Gasteiger partial charge on any atom is -0.388 e. The third kappa shape index (κ3) is 4.21. The second-order valence-corrected chi connectivity index (χ2v) is 7.05. The molecule has 28 heavy (non-hydrogen) atoms. The molecule has 2 heterocycles. The number of alkyl halides is 3. The van der Waals surface area contributed by atoms with Crippen LogP contribution < -0.4 is 16.4 Å². The molecule has 0 amide bonds. The van der Waals surface area contributed by atoms with Crippen LogP contribution >= 0.6 is 0 Å². The lowest BCUT2D eigenvalue weighted by molar-refractivity contribution is -0.139. The van der Waals surface area contributed by atoms with Crippen LogP contribution in [0.15, 0.2) is 21.3 Å². The molecule has 0 spiro atoms. The molecule has 6 nitrogen and oxygen atoms in total. The maximum atomic E-state index is 14.4. The van der Waals surface area contributed by atoms with Gasteiger partial charge in [0.05, 0.1) is 5.69 Å². The van der Waals surface area contributed by atoms with Crippen LogP contribution in [0, 0.1) is 17.7 Å². The summed E-state index contributed by atoms with van der Waals surface area (Å²) in [5.74, 6) is -2.16. The summed E-state index contributed by atoms with van der Waals surface area (Å²) in [4.78, 5) is 11.1. The number of nitrogens with zero attached hydrogens (tertiary/aromatic N) is 1. The normalized spacial score (nSPS) is 21.5. The smallest absolute Gasteiger partial charge is 0.388 e. The van der Waals surface area contributed by atoms with Gasteiger partial charge < -0.3 is 15.1 Å². The molecule has 2 aromatic rings. The number of aromatic nitrogens is 2. The topological polar surface area (TPSA) is 83.0 Å². The zero-order valence-electron chi connectivity index (χ0n) is 15.5. The number of anilines is 1. The average molecular weight is 402 g/mol. The Labute approximate surface area is 158 Å². The van der Waals surface area contributed by atoms with Crippen LogP contribution in [0.5, 0.6) is 0 Å². The van der Waals surface area contributed by atoms with Crippen molar-refractivity contribution >= 4 is 5.69 Å². The molecule has 3 N–H and O–H groups in total. The van der Waals surface area contributed by atoms with Gasteiger partial charge >= 0.3 is 11.9 Å². The van der Waals surface area contributed by atoms with Crippen LogP contribution in [0.25, 0.3) is 11.5 Å². The van der Waals surface area contributed by atoms with E-state index in [0.29, 0.717) is 12.0 Å². The molecule has 10 heteroatoms. The van der Waals surface area contributed by atoms with Crippen molar-refractivity contribution in [2.75, 3.05) is 18.4 Å². The van der Waals surface area contributed by atoms with Gasteiger partial charge in [-0.2, -0.15) is 13.2 Å². The fourth-order valence-electron chi connectivity index (χ4n) is 3.89. The predicted molar refractivity (Wildman–Crippen MR) is 95.4 cm³/mol. The highest BCUT2D eigenvalue weighted by Gasteiger charge is 2.39. The molecule has 3 atom stereocenters. The van der Waals surface area contributed by atoms with E-state index in [-0.39, 0.29) is 23.4 Å². The van der Waals surface area contributed by atoms with Gasteiger partial charge in [0.15, 0.2) is 0 Å². The van der Waals surface area contributed by atoms with Gasteiger partial charge in [-0.05, 0) is 50.4 Å². The molecule has 1 aliphatic rings. The first-order chi connectivity index (χ1) is 13.2. The Kier molecular flexibility index (Phi) is 5.78. The quantitative estimate of drug-likeness (QED) is 0.666. The van der Waals surface area contributed by atoms with E-state index in [4.69, 9.17) is 4.42 Å². The second kappa shape index (κ2) is 7.94. The van der Waals surface area contributed by atoms with Gasteiger partial charge in [-0.15, -0.1) is 5.10 Å². The van der Waals surface area contributed by atoms with E-state index in [1.165, 1.54) is 0 Å². The zero-order chi connectivity index (χ0) is 20.5. The molecule has 1 aromatic heterocycles. The van der Waals surface area contributed by atoms with Crippen LogP contribution in [-0.2, 0) is 6.18 Å². The summed E-state index contributed by atoms with van der Waals surface area (Å²) < 4.78 is 59.7. The molecule has 3 rings (SSSR count). The molecule has 0 unspecified atom stereocenters. The van der Waals surface area contributed by atoms with Crippen LogP contribution in [0.4, 0.5) is 23.2 Å². The summed E-state index contributed by atoms with van der Waals surface area (Å²) in [5, 5.41) is 11.7. The second-order valence-electron chi connectivity index (χ2n) is 7.05. The first-order valence-electron chi connectivity index (χ1n) is 9.14. The van der Waals surface area contributed by atoms with Gasteiger partial charge in [0, 0.05) is 11.6 Å². The van der Waals surface area contributed by atoms with Crippen LogP contribution in [0.3, 0.4) is 0 Å². The van der Waals surface area contributed by atoms with E-state index in [1.54, 1.807) is 6.92 Å². The molecule has 1 fully saturated rings. The number of rotatable bonds is 5. The van der Waals surface area contributed by atoms with Gasteiger partial charge in [-0.1, -0.05) is 13.3 Å². The number of halogens is 4. The predicted octanol–water partition coefficient (Wildman–Crippen LogP) is 3.62. The summed E-state index contributed by atoms with van der Waals surface area (Å²) in [6, 6.07) is 1.47. The highest BCUT2D eigenvalue weighted by Crippen LogP contribution is 2.40. The Morgan fingerprint density at radius 3 is 2.75 bits per heavy atom. The third-order valence-electron chi connectivity index (χ3n) is 5.28. The summed E-state index contributed by atoms with van der Waals surface area (Å²) in [6.45, 7) is 5.43. The van der Waals surface area contributed by atoms with E-state index in [0.717, 1.165) is 32.0 Å². The molecular formula is C18H22F4N4O2. The molecule has 0 bridgehead atoms. The first kappa shape index (κ1) is 20.4. The van der Waals surface area contributed by atoms with Crippen LogP contribution in [0.2, 0.25) is 0 Å². The number of piperidine rings is 1. The lowest BCUT2D eigenvalue weighted by Crippen LogP contribution is -2.43. The van der Waals surface area contributed by atoms with Crippen molar-refractivity contribution in [1.82, 2.24) is 15.5 Å². The van der Waals surface area contributed by atoms with Crippen molar-refractivity contribution in [2.45, 2.75) is 38.9 Å². The van der Waals surface area contributed by atoms with Crippen LogP contribution in [-0.4, -0.2) is 29.3 Å². The molecule has 1 saturated heterocycles. The maximum Gasteiger partial charge on any atom is 0.434 e. The SMILES string of the molecule is CC[C@H]1CNCC[C@H]1[C@H](C)Nc1cc(-c2n[nH]c(=O)o2)cc(F)c1C(F)(F)F. The Hall–Kier alpha value is -2.36. The number of aromatic amines is 1. The Morgan fingerprint density at radius 2 is 2.14 bits per heavy atom. The van der Waals surface area contributed by atoms with E-state index in [9.17, 15) is 22.4 Å². The van der Waals surface area contributed by atoms with E-state index >= 15 is 0 Å². The molecule has 0 radical (unpaired) electrons. The molecule has 0 saturated carbocycles. The number of hydrogen-bond donors (Lipinski definition) is 3. The van der Waals surface area contributed by atoms with E-state index in [1.807, 2.05) is 12.0 Å². The van der Waals surface area contributed by atoms with Crippen molar-refractivity contribution in [3.63, 3.8) is 0 Å². The van der Waals surface area contributed by atoms with Gasteiger partial charge in [0.25, 0.3) is 0 Å². The van der Waals surface area contributed by atoms with E-state index in [2.05, 4.69) is 15.7 Å². The molecule has 154 valence electrons. The highest BCUT2D eigenvalue weighted by molar-refractivity contribution is 5.66. The largest absolute Gasteiger partial charge is 0.434 e. The molecule has 0 aliphatic carbocycles. The number of nitrogens with one attached hydrogen (secondary N) is 3. The molecule has 1 aliphatic heterocycles. The van der Waals surface area contributed by atoms with Gasteiger partial charge in [-0.25, -0.2) is 14.3 Å². The number of benzene rings is 1. The standard InChI is InChI=1S/C18H22F4N4O2/c1-3-10-8-23-5-4-12(10)9(2)24-14-7-11(16-25-26-17(27)28-16)6-13(19)15(14)18(20,21)22/h6-7,9-10,12,23-24H,3-5,8H2,1-2H3,(H,26,27)/t9-,10-,12-/m0/s1. The summed E-state index contributed by atoms with van der Waals surface area (Å²) in [7, 11) is 0. The van der Waals surface area contributed by atoms with Gasteiger partial charge in [0.2, 0.25) is 5.89 Å². The Morgan fingerprint density at radius 1 is 1.39 bits per heavy atom. The van der Waals surface area contributed by atoms with Crippen molar-refractivity contribution in [2.24, 2.45) is 11.8 Å². The Balaban J connectivity index is 1.99. The van der Waals surface area contributed by atoms with Crippen LogP contribution in [0.1, 0.15) is 32.3 Å². The lowest BCUT2D eigenvalue weighted by atomic mass is 9.80. The number of hydrogen-bond acceptors (Lipinski definition) is 5. The van der Waals surface area contributed by atoms with E-state index < -0.39 is 29.0 Å². The van der Waals surface area contributed by atoms with Gasteiger partial charge in [-0.3, -0.25) is 0 Å². The Bertz CT molecular complexity index is 877. The molecule has 1 aromatic carbocycles. The fourth-order valence-corrected chi connectivity index (χ4v) is 3.89. The zero-order valence-corrected chi connectivity index (χ0v) is 15.5.